The van der Waals surface area contributed by atoms with Gasteiger partial charge in [0.25, 0.3) is 11.6 Å². The van der Waals surface area contributed by atoms with Gasteiger partial charge in [-0.1, -0.05) is 16.8 Å². The molecule has 0 fully saturated rings. The number of nitro benzene ring substituents is 1. The lowest BCUT2D eigenvalue weighted by atomic mass is 10.1. The van der Waals surface area contributed by atoms with E-state index in [1.54, 1.807) is 18.2 Å². The van der Waals surface area contributed by atoms with E-state index in [1.165, 1.54) is 33.5 Å². The predicted octanol–water partition coefficient (Wildman–Crippen LogP) is 3.99. The van der Waals surface area contributed by atoms with E-state index >= 15 is 0 Å². The standard InChI is InChI=1S/C17H14ClN3O6/c1-24-13-8-15(26-3)14(25-2)7-10(13)16-19-17(27-20-16)9-4-5-11(18)12(6-9)21(22)23/h4-8H,1-3H3. The molecular weight excluding hydrogens is 378 g/mol. The van der Waals surface area contributed by atoms with E-state index in [-0.39, 0.29) is 22.4 Å². The Morgan fingerprint density at radius 3 is 2.33 bits per heavy atom. The molecule has 0 aliphatic carbocycles. The zero-order valence-electron chi connectivity index (χ0n) is 14.6. The van der Waals surface area contributed by atoms with Crippen molar-refractivity contribution < 1.29 is 23.7 Å². The Labute approximate surface area is 158 Å². The van der Waals surface area contributed by atoms with Crippen molar-refractivity contribution in [2.24, 2.45) is 0 Å². The molecular formula is C17H14ClN3O6. The van der Waals surface area contributed by atoms with Crippen molar-refractivity contribution in [2.45, 2.75) is 0 Å². The molecule has 3 rings (SSSR count). The molecule has 1 heterocycles. The maximum Gasteiger partial charge on any atom is 0.288 e. The summed E-state index contributed by atoms with van der Waals surface area (Å²) in [6, 6.07) is 7.51. The number of ether oxygens (including phenoxy) is 3. The van der Waals surface area contributed by atoms with Gasteiger partial charge in [-0.3, -0.25) is 10.1 Å². The minimum absolute atomic E-state index is 0.0186. The van der Waals surface area contributed by atoms with Gasteiger partial charge in [-0.15, -0.1) is 0 Å². The molecule has 140 valence electrons. The van der Waals surface area contributed by atoms with E-state index in [2.05, 4.69) is 10.1 Å². The van der Waals surface area contributed by atoms with Crippen molar-refractivity contribution in [1.29, 1.82) is 0 Å². The number of hydrogen-bond acceptors (Lipinski definition) is 8. The maximum absolute atomic E-state index is 11.1. The summed E-state index contributed by atoms with van der Waals surface area (Å²) in [6.45, 7) is 0. The van der Waals surface area contributed by atoms with Gasteiger partial charge in [0.2, 0.25) is 5.82 Å². The molecule has 10 heteroatoms. The number of halogens is 1. The van der Waals surface area contributed by atoms with Gasteiger partial charge in [0.05, 0.1) is 31.8 Å². The molecule has 0 aliphatic heterocycles. The summed E-state index contributed by atoms with van der Waals surface area (Å²) in [7, 11) is 4.51. The number of aromatic nitrogens is 2. The number of nitro groups is 1. The molecule has 9 nitrogen and oxygen atoms in total. The van der Waals surface area contributed by atoms with Crippen LogP contribution in [-0.4, -0.2) is 36.4 Å². The fraction of sp³-hybridized carbons (Fsp3) is 0.176. The molecule has 0 saturated carbocycles. The number of rotatable bonds is 6. The highest BCUT2D eigenvalue weighted by atomic mass is 35.5. The van der Waals surface area contributed by atoms with Crippen molar-refractivity contribution in [3.05, 3.63) is 45.5 Å². The highest BCUT2D eigenvalue weighted by Gasteiger charge is 2.20. The minimum atomic E-state index is -0.583. The molecule has 0 atom stereocenters. The lowest BCUT2D eigenvalue weighted by Crippen LogP contribution is -1.95. The van der Waals surface area contributed by atoms with Crippen LogP contribution >= 0.6 is 11.6 Å². The number of benzene rings is 2. The van der Waals surface area contributed by atoms with E-state index in [0.717, 1.165) is 0 Å². The van der Waals surface area contributed by atoms with E-state index in [4.69, 9.17) is 30.3 Å². The van der Waals surface area contributed by atoms with Gasteiger partial charge in [-0.25, -0.2) is 0 Å². The van der Waals surface area contributed by atoms with Gasteiger partial charge < -0.3 is 18.7 Å². The van der Waals surface area contributed by atoms with E-state index in [1.807, 2.05) is 0 Å². The third kappa shape index (κ3) is 3.49. The molecule has 0 spiro atoms. The van der Waals surface area contributed by atoms with Crippen molar-refractivity contribution >= 4 is 17.3 Å². The van der Waals surface area contributed by atoms with Crippen molar-refractivity contribution in [1.82, 2.24) is 10.1 Å². The average Bonchev–Trinajstić information content (AvgIpc) is 3.16. The van der Waals surface area contributed by atoms with Crippen LogP contribution in [0.1, 0.15) is 0 Å². The highest BCUT2D eigenvalue weighted by molar-refractivity contribution is 6.32. The van der Waals surface area contributed by atoms with Crippen LogP contribution in [0.25, 0.3) is 22.8 Å². The van der Waals surface area contributed by atoms with E-state index in [9.17, 15) is 10.1 Å². The Balaban J connectivity index is 2.06. The summed E-state index contributed by atoms with van der Waals surface area (Å²) in [5, 5.41) is 15.0. The molecule has 0 unspecified atom stereocenters. The SMILES string of the molecule is COc1cc(OC)c(-c2noc(-c3ccc(Cl)c([N+](=O)[O-])c3)n2)cc1OC. The van der Waals surface area contributed by atoms with Crippen molar-refractivity contribution in [3.63, 3.8) is 0 Å². The normalized spacial score (nSPS) is 10.5. The Morgan fingerprint density at radius 1 is 1.04 bits per heavy atom. The van der Waals surface area contributed by atoms with Crippen LogP contribution in [-0.2, 0) is 0 Å². The summed E-state index contributed by atoms with van der Waals surface area (Å²) in [6.07, 6.45) is 0. The molecule has 3 aromatic rings. The molecule has 0 amide bonds. The lowest BCUT2D eigenvalue weighted by Gasteiger charge is -2.12. The summed E-state index contributed by atoms with van der Waals surface area (Å²) in [5.74, 6) is 1.71. The fourth-order valence-corrected chi connectivity index (χ4v) is 2.63. The molecule has 0 bridgehead atoms. The second-order valence-electron chi connectivity index (χ2n) is 5.25. The quantitative estimate of drug-likeness (QED) is 0.458. The van der Waals surface area contributed by atoms with Crippen LogP contribution in [0.15, 0.2) is 34.9 Å². The third-order valence-corrected chi connectivity index (χ3v) is 4.08. The van der Waals surface area contributed by atoms with Crippen LogP contribution in [0.5, 0.6) is 17.2 Å². The monoisotopic (exact) mass is 391 g/mol. The summed E-state index contributed by atoms with van der Waals surface area (Å²) in [5.41, 5.74) is 0.621. The van der Waals surface area contributed by atoms with Crippen LogP contribution in [0, 0.1) is 10.1 Å². The predicted molar refractivity (Wildman–Crippen MR) is 96.5 cm³/mol. The van der Waals surface area contributed by atoms with Gasteiger partial charge in [0.15, 0.2) is 11.5 Å². The second kappa shape index (κ2) is 7.50. The Hall–Kier alpha value is -3.33. The third-order valence-electron chi connectivity index (χ3n) is 3.76. The first-order valence-electron chi connectivity index (χ1n) is 7.57. The fourth-order valence-electron chi connectivity index (χ4n) is 2.44. The maximum atomic E-state index is 11.1. The molecule has 0 N–H and O–H groups in total. The van der Waals surface area contributed by atoms with Gasteiger partial charge in [0.1, 0.15) is 10.8 Å². The van der Waals surface area contributed by atoms with Crippen LogP contribution in [0.2, 0.25) is 5.02 Å². The molecule has 27 heavy (non-hydrogen) atoms. The topological polar surface area (TPSA) is 110 Å². The summed E-state index contributed by atoms with van der Waals surface area (Å²) < 4.78 is 21.1. The van der Waals surface area contributed by atoms with Gasteiger partial charge in [0, 0.05) is 17.7 Å². The largest absolute Gasteiger partial charge is 0.496 e. The van der Waals surface area contributed by atoms with E-state index < -0.39 is 4.92 Å². The van der Waals surface area contributed by atoms with Crippen molar-refractivity contribution in [3.8, 4) is 40.1 Å². The van der Waals surface area contributed by atoms with Gasteiger partial charge in [-0.2, -0.15) is 4.98 Å². The molecule has 0 aliphatic rings. The smallest absolute Gasteiger partial charge is 0.288 e. The van der Waals surface area contributed by atoms with Crippen LogP contribution in [0.4, 0.5) is 5.69 Å². The first-order valence-corrected chi connectivity index (χ1v) is 7.94. The Kier molecular flexibility index (Phi) is 5.13. The highest BCUT2D eigenvalue weighted by Crippen LogP contribution is 2.39. The zero-order valence-corrected chi connectivity index (χ0v) is 15.3. The summed E-state index contributed by atoms with van der Waals surface area (Å²) in [4.78, 5) is 14.8. The van der Waals surface area contributed by atoms with E-state index in [0.29, 0.717) is 28.4 Å². The minimum Gasteiger partial charge on any atom is -0.496 e. The van der Waals surface area contributed by atoms with Gasteiger partial charge in [-0.05, 0) is 18.2 Å². The number of methoxy groups -OCH3 is 3. The van der Waals surface area contributed by atoms with Crippen molar-refractivity contribution in [2.75, 3.05) is 21.3 Å². The number of nitrogens with zero attached hydrogens (tertiary/aromatic N) is 3. The Bertz CT molecular complexity index is 1000. The van der Waals surface area contributed by atoms with Gasteiger partial charge >= 0.3 is 0 Å². The molecule has 2 aromatic carbocycles. The molecule has 0 radical (unpaired) electrons. The van der Waals surface area contributed by atoms with Crippen LogP contribution in [0.3, 0.4) is 0 Å². The first-order chi connectivity index (χ1) is 13.0. The number of hydrogen-bond donors (Lipinski definition) is 0. The first kappa shape index (κ1) is 18.5. The lowest BCUT2D eigenvalue weighted by molar-refractivity contribution is -0.384. The Morgan fingerprint density at radius 2 is 1.70 bits per heavy atom. The molecule has 0 saturated heterocycles. The zero-order chi connectivity index (χ0) is 19.6. The molecule has 1 aromatic heterocycles. The average molecular weight is 392 g/mol. The summed E-state index contributed by atoms with van der Waals surface area (Å²) >= 11 is 5.83. The second-order valence-corrected chi connectivity index (χ2v) is 5.66. The van der Waals surface area contributed by atoms with Crippen LogP contribution < -0.4 is 14.2 Å².